The molecule has 17 heavy (non-hydrogen) atoms. The van der Waals surface area contributed by atoms with Crippen LogP contribution in [0.3, 0.4) is 0 Å². The number of thioether (sulfide) groups is 1. The van der Waals surface area contributed by atoms with Crippen LogP contribution in [0.2, 0.25) is 0 Å². The molecule has 5 nitrogen and oxygen atoms in total. The third kappa shape index (κ3) is 6.11. The molecule has 1 rings (SSSR count). The fourth-order valence-corrected chi connectivity index (χ4v) is 1.35. The molecule has 0 aliphatic rings. The summed E-state index contributed by atoms with van der Waals surface area (Å²) in [5.41, 5.74) is 0.00769. The molecule has 0 spiro atoms. The molecule has 1 aromatic heterocycles. The predicted molar refractivity (Wildman–Crippen MR) is 71.9 cm³/mol. The van der Waals surface area contributed by atoms with Crippen LogP contribution in [0.5, 0.6) is 5.88 Å². The number of nitrogens with zero attached hydrogens (tertiary/aromatic N) is 2. The summed E-state index contributed by atoms with van der Waals surface area (Å²) in [5, 5.41) is 10.9. The molecule has 1 aromatic rings. The predicted octanol–water partition coefficient (Wildman–Crippen LogP) is 3.77. The molecule has 0 N–H and O–H groups in total. The highest BCUT2D eigenvalue weighted by molar-refractivity contribution is 7.98. The molecule has 1 heterocycles. The van der Waals surface area contributed by atoms with Gasteiger partial charge in [-0.3, -0.25) is 10.1 Å². The highest BCUT2D eigenvalue weighted by Gasteiger charge is 2.14. The van der Waals surface area contributed by atoms with Crippen molar-refractivity contribution in [2.75, 3.05) is 13.4 Å². The van der Waals surface area contributed by atoms with Crippen LogP contribution in [0.25, 0.3) is 0 Å². The van der Waals surface area contributed by atoms with Gasteiger partial charge in [0.25, 0.3) is 0 Å². The molecule has 6 heteroatoms. The van der Waals surface area contributed by atoms with Gasteiger partial charge in [0, 0.05) is 12.1 Å². The maximum atomic E-state index is 10.5. The van der Waals surface area contributed by atoms with Crippen molar-refractivity contribution >= 4 is 17.4 Å². The zero-order chi connectivity index (χ0) is 13.8. The van der Waals surface area contributed by atoms with E-state index in [-0.39, 0.29) is 5.69 Å². The Morgan fingerprint density at radius 2 is 1.82 bits per heavy atom. The quantitative estimate of drug-likeness (QED) is 0.470. The lowest BCUT2D eigenvalue weighted by molar-refractivity contribution is -0.388. The van der Waals surface area contributed by atoms with E-state index >= 15 is 0 Å². The summed E-state index contributed by atoms with van der Waals surface area (Å²) in [6.07, 6.45) is 1.73. The molecular formula is C11H20N2O3S. The molecule has 0 unspecified atom stereocenters. The minimum absolute atomic E-state index is 0.00769. The van der Waals surface area contributed by atoms with Crippen molar-refractivity contribution < 1.29 is 9.66 Å². The zero-order valence-electron chi connectivity index (χ0n) is 11.2. The number of hydrogen-bond acceptors (Lipinski definition) is 5. The minimum Gasteiger partial charge on any atom is -0.481 e. The van der Waals surface area contributed by atoms with E-state index in [9.17, 15) is 10.1 Å². The Morgan fingerprint density at radius 3 is 2.18 bits per heavy atom. The summed E-state index contributed by atoms with van der Waals surface area (Å²) < 4.78 is 4.84. The van der Waals surface area contributed by atoms with Crippen LogP contribution in [-0.4, -0.2) is 23.3 Å². The Labute approximate surface area is 107 Å². The van der Waals surface area contributed by atoms with Crippen molar-refractivity contribution in [3.8, 4) is 5.88 Å². The molecular weight excluding hydrogens is 240 g/mol. The summed E-state index contributed by atoms with van der Waals surface area (Å²) in [6.45, 7) is 8.00. The Balaban J connectivity index is 0. The largest absolute Gasteiger partial charge is 0.481 e. The fraction of sp³-hybridized carbons (Fsp3) is 0.545. The van der Waals surface area contributed by atoms with Crippen molar-refractivity contribution in [3.05, 3.63) is 22.2 Å². The fourth-order valence-electron chi connectivity index (χ4n) is 0.819. The van der Waals surface area contributed by atoms with E-state index < -0.39 is 4.92 Å². The van der Waals surface area contributed by atoms with Crippen molar-refractivity contribution in [2.45, 2.75) is 32.7 Å². The van der Waals surface area contributed by atoms with Crippen molar-refractivity contribution in [1.82, 2.24) is 4.98 Å². The van der Waals surface area contributed by atoms with Crippen LogP contribution in [0.1, 0.15) is 27.7 Å². The van der Waals surface area contributed by atoms with Gasteiger partial charge in [-0.05, 0) is 6.26 Å². The first-order valence-corrected chi connectivity index (χ1v) is 6.65. The van der Waals surface area contributed by atoms with Gasteiger partial charge >= 0.3 is 5.69 Å². The highest BCUT2D eigenvalue weighted by Crippen LogP contribution is 2.27. The maximum Gasteiger partial charge on any atom is 0.301 e. The van der Waals surface area contributed by atoms with Gasteiger partial charge in [-0.15, -0.1) is 11.8 Å². The van der Waals surface area contributed by atoms with Crippen LogP contribution < -0.4 is 4.74 Å². The number of ether oxygens (including phenoxy) is 1. The number of pyridine rings is 1. The van der Waals surface area contributed by atoms with Crippen LogP contribution >= 0.6 is 11.8 Å². The molecule has 0 fully saturated rings. The van der Waals surface area contributed by atoms with Gasteiger partial charge in [-0.25, -0.2) is 0 Å². The second-order valence-electron chi connectivity index (χ2n) is 2.14. The Morgan fingerprint density at radius 1 is 1.29 bits per heavy atom. The molecule has 0 atom stereocenters. The van der Waals surface area contributed by atoms with E-state index in [2.05, 4.69) is 4.98 Å². The van der Waals surface area contributed by atoms with E-state index in [1.807, 2.05) is 27.7 Å². The van der Waals surface area contributed by atoms with Gasteiger partial charge < -0.3 is 4.74 Å². The second-order valence-corrected chi connectivity index (χ2v) is 2.93. The SMILES string of the molecule is CC.CC.COc1ccc([N+](=O)[O-])c(SC)n1. The summed E-state index contributed by atoms with van der Waals surface area (Å²) in [7, 11) is 1.47. The maximum absolute atomic E-state index is 10.5. The number of hydrogen-bond donors (Lipinski definition) is 0. The van der Waals surface area contributed by atoms with Crippen molar-refractivity contribution in [1.29, 1.82) is 0 Å². The molecule has 0 saturated heterocycles. The normalized spacial score (nSPS) is 8.12. The summed E-state index contributed by atoms with van der Waals surface area (Å²) >= 11 is 1.22. The Hall–Kier alpha value is -1.30. The van der Waals surface area contributed by atoms with Gasteiger partial charge in [0.05, 0.1) is 12.0 Å². The summed E-state index contributed by atoms with van der Waals surface area (Å²) in [5.74, 6) is 0.384. The van der Waals surface area contributed by atoms with Crippen LogP contribution in [0.15, 0.2) is 17.2 Å². The van der Waals surface area contributed by atoms with Gasteiger partial charge in [0.1, 0.15) is 0 Å². The number of methoxy groups -OCH3 is 1. The van der Waals surface area contributed by atoms with Gasteiger partial charge in [0.15, 0.2) is 5.03 Å². The summed E-state index contributed by atoms with van der Waals surface area (Å²) in [6, 6.07) is 2.86. The van der Waals surface area contributed by atoms with Gasteiger partial charge in [-0.1, -0.05) is 27.7 Å². The monoisotopic (exact) mass is 260 g/mol. The minimum atomic E-state index is -0.460. The zero-order valence-corrected chi connectivity index (χ0v) is 12.0. The lowest BCUT2D eigenvalue weighted by atomic mass is 10.4. The van der Waals surface area contributed by atoms with E-state index in [0.29, 0.717) is 10.9 Å². The van der Waals surface area contributed by atoms with Crippen LogP contribution in [0.4, 0.5) is 5.69 Å². The van der Waals surface area contributed by atoms with E-state index in [1.54, 1.807) is 6.26 Å². The second kappa shape index (κ2) is 11.2. The topological polar surface area (TPSA) is 65.3 Å². The first-order valence-electron chi connectivity index (χ1n) is 5.42. The summed E-state index contributed by atoms with van der Waals surface area (Å²) in [4.78, 5) is 14.0. The molecule has 0 radical (unpaired) electrons. The molecule has 0 aliphatic heterocycles. The number of aromatic nitrogens is 1. The average Bonchev–Trinajstić information content (AvgIpc) is 2.42. The lowest BCUT2D eigenvalue weighted by Gasteiger charge is -2.01. The number of nitro groups is 1. The molecule has 98 valence electrons. The molecule has 0 amide bonds. The third-order valence-corrected chi connectivity index (χ3v) is 2.10. The third-order valence-electron chi connectivity index (χ3n) is 1.41. The van der Waals surface area contributed by atoms with Gasteiger partial charge in [-0.2, -0.15) is 4.98 Å². The average molecular weight is 260 g/mol. The first kappa shape index (κ1) is 18.1. The molecule has 0 bridgehead atoms. The highest BCUT2D eigenvalue weighted by atomic mass is 32.2. The first-order chi connectivity index (χ1) is 8.19. The molecule has 0 aliphatic carbocycles. The molecule has 0 saturated carbocycles. The van der Waals surface area contributed by atoms with E-state index in [1.165, 1.54) is 31.0 Å². The number of rotatable bonds is 3. The Bertz CT molecular complexity index is 332. The molecule has 0 aromatic carbocycles. The van der Waals surface area contributed by atoms with Crippen LogP contribution in [0, 0.1) is 10.1 Å². The lowest BCUT2D eigenvalue weighted by Crippen LogP contribution is -1.95. The Kier molecular flexibility index (Phi) is 11.9. The van der Waals surface area contributed by atoms with E-state index in [4.69, 9.17) is 4.74 Å². The van der Waals surface area contributed by atoms with Crippen molar-refractivity contribution in [2.24, 2.45) is 0 Å². The smallest absolute Gasteiger partial charge is 0.301 e. The standard InChI is InChI=1S/C7H8N2O3S.2C2H6/c1-12-6-4-3-5(9(10)11)7(8-6)13-2;2*1-2/h3-4H,1-2H3;2*1-2H3. The van der Waals surface area contributed by atoms with Crippen LogP contribution in [-0.2, 0) is 0 Å². The van der Waals surface area contributed by atoms with Gasteiger partial charge in [0.2, 0.25) is 5.88 Å². The van der Waals surface area contributed by atoms with E-state index in [0.717, 1.165) is 0 Å². The van der Waals surface area contributed by atoms with Crippen molar-refractivity contribution in [3.63, 3.8) is 0 Å².